The number of hydrogen-bond acceptors (Lipinski definition) is 2. The van der Waals surface area contributed by atoms with Crippen LogP contribution in [0, 0.1) is 12.0 Å². The summed E-state index contributed by atoms with van der Waals surface area (Å²) in [6.07, 6.45) is 3.97. The molecule has 0 amide bonds. The van der Waals surface area contributed by atoms with Crippen molar-refractivity contribution in [2.75, 3.05) is 0 Å². The molecule has 0 unspecified atom stereocenters. The van der Waals surface area contributed by atoms with Gasteiger partial charge < -0.3 is 4.74 Å². The van der Waals surface area contributed by atoms with Crippen molar-refractivity contribution in [1.29, 1.82) is 0 Å². The zero-order chi connectivity index (χ0) is 7.11. The first-order valence-electron chi connectivity index (χ1n) is 2.62. The van der Waals surface area contributed by atoms with Crippen molar-refractivity contribution >= 4 is 5.97 Å². The Kier molecular flexibility index (Phi) is 4.25. The van der Waals surface area contributed by atoms with Crippen LogP contribution in [0.25, 0.3) is 0 Å². The molecule has 0 aliphatic heterocycles. The zero-order valence-corrected chi connectivity index (χ0v) is 5.31. The highest BCUT2D eigenvalue weighted by Crippen LogP contribution is 1.75. The Labute approximate surface area is 54.5 Å². The lowest BCUT2D eigenvalue weighted by molar-refractivity contribution is -0.131. The van der Waals surface area contributed by atoms with E-state index in [9.17, 15) is 4.79 Å². The van der Waals surface area contributed by atoms with Crippen LogP contribution in [0.15, 0.2) is 12.7 Å². The van der Waals surface area contributed by atoms with Crippen molar-refractivity contribution in [3.63, 3.8) is 0 Å². The summed E-state index contributed by atoms with van der Waals surface area (Å²) in [5, 5.41) is 0. The second-order valence-electron chi connectivity index (χ2n) is 1.26. The monoisotopic (exact) mass is 124 g/mol. The summed E-state index contributed by atoms with van der Waals surface area (Å²) in [4.78, 5) is 10.2. The second-order valence-corrected chi connectivity index (χ2v) is 1.26. The Hall–Kier alpha value is -1.23. The molecule has 0 N–H and O–H groups in total. The number of esters is 1. The molecule has 0 spiro atoms. The molecule has 0 bridgehead atoms. The summed E-state index contributed by atoms with van der Waals surface area (Å²) >= 11 is 0. The van der Waals surface area contributed by atoms with E-state index < -0.39 is 5.97 Å². The highest BCUT2D eigenvalue weighted by Gasteiger charge is 1.86. The lowest BCUT2D eigenvalue weighted by Gasteiger charge is -1.82. The highest BCUT2D eigenvalue weighted by atomic mass is 16.5. The van der Waals surface area contributed by atoms with Crippen molar-refractivity contribution in [3.05, 3.63) is 12.7 Å². The maximum absolute atomic E-state index is 10.2. The van der Waals surface area contributed by atoms with Gasteiger partial charge in [0.05, 0.1) is 0 Å². The van der Waals surface area contributed by atoms with Crippen molar-refractivity contribution in [2.45, 2.75) is 13.3 Å². The molecule has 0 aliphatic rings. The molecule has 0 aromatic heterocycles. The summed E-state index contributed by atoms with van der Waals surface area (Å²) < 4.78 is 4.31. The van der Waals surface area contributed by atoms with Crippen LogP contribution in [0.1, 0.15) is 13.3 Å². The number of hydrogen-bond donors (Lipinski definition) is 0. The fraction of sp³-hybridized carbons (Fsp3) is 0.286. The van der Waals surface area contributed by atoms with E-state index >= 15 is 0 Å². The number of rotatable bonds is 1. The van der Waals surface area contributed by atoms with Gasteiger partial charge in [0.1, 0.15) is 6.11 Å². The molecule has 0 saturated heterocycles. The molecule has 0 aliphatic carbocycles. The third kappa shape index (κ3) is 4.63. The van der Waals surface area contributed by atoms with Crippen molar-refractivity contribution in [3.8, 4) is 12.0 Å². The molecular weight excluding hydrogens is 116 g/mol. The lowest BCUT2D eigenvalue weighted by atomic mass is 10.5. The standard InChI is InChI=1S/C7H8O2/c1-3-5-6-9-7(8)4-2/h4H,2-3H2,1H3. The van der Waals surface area contributed by atoms with Crippen LogP contribution in [0.3, 0.4) is 0 Å². The summed E-state index contributed by atoms with van der Waals surface area (Å²) in [5.41, 5.74) is 0. The van der Waals surface area contributed by atoms with E-state index in [1.165, 1.54) is 0 Å². The molecule has 2 nitrogen and oxygen atoms in total. The van der Waals surface area contributed by atoms with Crippen LogP contribution in [0.5, 0.6) is 0 Å². The van der Waals surface area contributed by atoms with E-state index in [0.29, 0.717) is 6.42 Å². The number of ether oxygens (including phenoxy) is 1. The highest BCUT2D eigenvalue weighted by molar-refractivity contribution is 5.82. The summed E-state index contributed by atoms with van der Waals surface area (Å²) in [7, 11) is 0. The minimum absolute atomic E-state index is 0.504. The molecule has 2 heteroatoms. The Morgan fingerprint density at radius 2 is 2.56 bits per heavy atom. The molecule has 0 fully saturated rings. The van der Waals surface area contributed by atoms with Gasteiger partial charge in [0.25, 0.3) is 0 Å². The van der Waals surface area contributed by atoms with Crippen molar-refractivity contribution in [1.82, 2.24) is 0 Å². The van der Waals surface area contributed by atoms with E-state index in [4.69, 9.17) is 0 Å². The number of carbonyl (C=O) groups excluding carboxylic acids is 1. The molecule has 0 saturated carbocycles. The van der Waals surface area contributed by atoms with Gasteiger partial charge in [-0.1, -0.05) is 19.4 Å². The average Bonchev–Trinajstić information content (AvgIpc) is 1.89. The second kappa shape index (κ2) is 4.92. The maximum Gasteiger partial charge on any atom is 0.344 e. The van der Waals surface area contributed by atoms with Crippen LogP contribution in [0.2, 0.25) is 0 Å². The van der Waals surface area contributed by atoms with Crippen LogP contribution < -0.4 is 0 Å². The first-order chi connectivity index (χ1) is 4.31. The maximum atomic E-state index is 10.2. The van der Waals surface area contributed by atoms with Gasteiger partial charge in [-0.3, -0.25) is 0 Å². The van der Waals surface area contributed by atoms with Gasteiger partial charge >= 0.3 is 5.97 Å². The Bertz CT molecular complexity index is 159. The first-order valence-corrected chi connectivity index (χ1v) is 2.62. The van der Waals surface area contributed by atoms with Gasteiger partial charge in [-0.15, -0.1) is 0 Å². The molecular formula is C7H8O2. The SMILES string of the molecule is C=CC(=O)OC#CCC. The minimum atomic E-state index is -0.504. The molecule has 0 heterocycles. The topological polar surface area (TPSA) is 26.3 Å². The summed E-state index contributed by atoms with van der Waals surface area (Å²) in [6.45, 7) is 5.07. The molecule has 0 aromatic carbocycles. The van der Waals surface area contributed by atoms with E-state index in [1.807, 2.05) is 6.92 Å². The molecule has 48 valence electrons. The Morgan fingerprint density at radius 1 is 1.89 bits per heavy atom. The van der Waals surface area contributed by atoms with Gasteiger partial charge in [0.2, 0.25) is 0 Å². The molecule has 0 aromatic rings. The third-order valence-corrected chi connectivity index (χ3v) is 0.567. The summed E-state index contributed by atoms with van der Waals surface area (Å²) in [5.74, 6) is 2.07. The molecule has 0 radical (unpaired) electrons. The van der Waals surface area contributed by atoms with E-state index in [2.05, 4.69) is 23.3 Å². The van der Waals surface area contributed by atoms with Gasteiger partial charge in [-0.05, 0) is 0 Å². The molecule has 9 heavy (non-hydrogen) atoms. The minimum Gasteiger partial charge on any atom is -0.369 e. The smallest absolute Gasteiger partial charge is 0.344 e. The van der Waals surface area contributed by atoms with Crippen LogP contribution in [-0.4, -0.2) is 5.97 Å². The van der Waals surface area contributed by atoms with E-state index in [0.717, 1.165) is 6.08 Å². The van der Waals surface area contributed by atoms with E-state index in [1.54, 1.807) is 0 Å². The zero-order valence-electron chi connectivity index (χ0n) is 5.31. The van der Waals surface area contributed by atoms with Gasteiger partial charge in [0, 0.05) is 12.5 Å². The molecule has 0 rings (SSSR count). The van der Waals surface area contributed by atoms with Crippen molar-refractivity contribution < 1.29 is 9.53 Å². The Balaban J connectivity index is 3.49. The van der Waals surface area contributed by atoms with Gasteiger partial charge in [0.15, 0.2) is 0 Å². The van der Waals surface area contributed by atoms with Crippen LogP contribution in [0.4, 0.5) is 0 Å². The average molecular weight is 124 g/mol. The largest absolute Gasteiger partial charge is 0.369 e. The van der Waals surface area contributed by atoms with Crippen LogP contribution >= 0.6 is 0 Å². The number of carbonyl (C=O) groups is 1. The molecule has 0 atom stereocenters. The van der Waals surface area contributed by atoms with Crippen molar-refractivity contribution in [2.24, 2.45) is 0 Å². The quantitative estimate of drug-likeness (QED) is 0.297. The summed E-state index contributed by atoms with van der Waals surface area (Å²) in [6, 6.07) is 0. The fourth-order valence-electron chi connectivity index (χ4n) is 0.200. The normalized spacial score (nSPS) is 6.78. The van der Waals surface area contributed by atoms with E-state index in [-0.39, 0.29) is 0 Å². The predicted octanol–water partition coefficient (Wildman–Crippen LogP) is 1.09. The lowest BCUT2D eigenvalue weighted by Crippen LogP contribution is -1.91. The predicted molar refractivity (Wildman–Crippen MR) is 34.4 cm³/mol. The Morgan fingerprint density at radius 3 is 3.00 bits per heavy atom. The van der Waals surface area contributed by atoms with Crippen LogP contribution in [-0.2, 0) is 9.53 Å². The third-order valence-electron chi connectivity index (χ3n) is 0.567. The van der Waals surface area contributed by atoms with Gasteiger partial charge in [-0.25, -0.2) is 4.79 Å². The fourth-order valence-corrected chi connectivity index (χ4v) is 0.200. The first kappa shape index (κ1) is 7.77. The van der Waals surface area contributed by atoms with Gasteiger partial charge in [-0.2, -0.15) is 0 Å².